The van der Waals surface area contributed by atoms with Gasteiger partial charge in [0.25, 0.3) is 0 Å². The van der Waals surface area contributed by atoms with E-state index in [-0.39, 0.29) is 5.79 Å². The second-order valence-electron chi connectivity index (χ2n) is 4.17. The third-order valence-corrected chi connectivity index (χ3v) is 2.97. The van der Waals surface area contributed by atoms with Crippen molar-refractivity contribution < 1.29 is 9.47 Å². The molecule has 70 valence electrons. The van der Waals surface area contributed by atoms with Crippen molar-refractivity contribution in [2.45, 2.75) is 44.8 Å². The summed E-state index contributed by atoms with van der Waals surface area (Å²) < 4.78 is 11.5. The van der Waals surface area contributed by atoms with Gasteiger partial charge < -0.3 is 9.47 Å². The standard InChI is InChI=1S/C10H18O2/c1-9-4-6-10(12-8-9)5-2-3-7-11-10/h9H,2-8H2,1H3/t9-,10+/m0/s1. The number of rotatable bonds is 0. The maximum Gasteiger partial charge on any atom is 0.168 e. The average Bonchev–Trinajstić information content (AvgIpc) is 2.13. The van der Waals surface area contributed by atoms with Crippen molar-refractivity contribution in [3.63, 3.8) is 0 Å². The van der Waals surface area contributed by atoms with Crippen LogP contribution in [0.15, 0.2) is 0 Å². The fourth-order valence-electron chi connectivity index (χ4n) is 2.05. The third kappa shape index (κ3) is 1.64. The maximum absolute atomic E-state index is 5.80. The third-order valence-electron chi connectivity index (χ3n) is 2.97. The largest absolute Gasteiger partial charge is 0.350 e. The van der Waals surface area contributed by atoms with Crippen molar-refractivity contribution in [3.8, 4) is 0 Å². The van der Waals surface area contributed by atoms with Crippen LogP contribution in [-0.2, 0) is 9.47 Å². The number of ether oxygens (including phenoxy) is 2. The first-order valence-electron chi connectivity index (χ1n) is 5.09. The summed E-state index contributed by atoms with van der Waals surface area (Å²) in [7, 11) is 0. The van der Waals surface area contributed by atoms with E-state index in [4.69, 9.17) is 9.47 Å². The van der Waals surface area contributed by atoms with Crippen molar-refractivity contribution in [2.75, 3.05) is 13.2 Å². The summed E-state index contributed by atoms with van der Waals surface area (Å²) in [6.45, 7) is 4.03. The van der Waals surface area contributed by atoms with E-state index < -0.39 is 0 Å². The lowest BCUT2D eigenvalue weighted by Crippen LogP contribution is -2.43. The van der Waals surface area contributed by atoms with Gasteiger partial charge in [-0.3, -0.25) is 0 Å². The molecule has 2 rings (SSSR count). The Labute approximate surface area is 74.2 Å². The van der Waals surface area contributed by atoms with Crippen molar-refractivity contribution in [1.82, 2.24) is 0 Å². The molecular weight excluding hydrogens is 152 g/mol. The van der Waals surface area contributed by atoms with Gasteiger partial charge in [-0.2, -0.15) is 0 Å². The van der Waals surface area contributed by atoms with Crippen LogP contribution in [0.25, 0.3) is 0 Å². The van der Waals surface area contributed by atoms with E-state index in [1.54, 1.807) is 0 Å². The Kier molecular flexibility index (Phi) is 2.37. The van der Waals surface area contributed by atoms with Gasteiger partial charge in [0, 0.05) is 12.8 Å². The van der Waals surface area contributed by atoms with Gasteiger partial charge in [-0.15, -0.1) is 0 Å². The zero-order valence-corrected chi connectivity index (χ0v) is 7.84. The molecule has 2 aliphatic heterocycles. The Hall–Kier alpha value is -0.0800. The SMILES string of the molecule is C[C@H]1CC[C@@]2(CCCCO2)OC1. The Morgan fingerprint density at radius 2 is 2.08 bits per heavy atom. The summed E-state index contributed by atoms with van der Waals surface area (Å²) in [5.74, 6) is 0.561. The van der Waals surface area contributed by atoms with E-state index in [0.717, 1.165) is 32.0 Å². The van der Waals surface area contributed by atoms with Crippen LogP contribution in [0, 0.1) is 5.92 Å². The first-order valence-corrected chi connectivity index (χ1v) is 5.09. The van der Waals surface area contributed by atoms with Gasteiger partial charge >= 0.3 is 0 Å². The van der Waals surface area contributed by atoms with Crippen LogP contribution in [0.3, 0.4) is 0 Å². The first-order chi connectivity index (χ1) is 5.81. The second kappa shape index (κ2) is 3.35. The summed E-state index contributed by atoms with van der Waals surface area (Å²) in [4.78, 5) is 0. The molecule has 2 nitrogen and oxygen atoms in total. The van der Waals surface area contributed by atoms with Gasteiger partial charge in [-0.05, 0) is 25.2 Å². The molecule has 0 aliphatic carbocycles. The minimum absolute atomic E-state index is 0.162. The zero-order chi connectivity index (χ0) is 8.44. The Bertz CT molecular complexity index is 140. The molecule has 2 saturated heterocycles. The molecule has 0 saturated carbocycles. The highest BCUT2D eigenvalue weighted by molar-refractivity contribution is 4.78. The van der Waals surface area contributed by atoms with Crippen molar-refractivity contribution in [3.05, 3.63) is 0 Å². The predicted molar refractivity (Wildman–Crippen MR) is 46.9 cm³/mol. The monoisotopic (exact) mass is 170 g/mol. The Morgan fingerprint density at radius 1 is 1.17 bits per heavy atom. The van der Waals surface area contributed by atoms with Crippen LogP contribution in [0.5, 0.6) is 0 Å². The molecule has 0 aromatic rings. The van der Waals surface area contributed by atoms with E-state index in [0.29, 0.717) is 0 Å². The molecule has 2 fully saturated rings. The zero-order valence-electron chi connectivity index (χ0n) is 7.84. The lowest BCUT2D eigenvalue weighted by atomic mass is 9.93. The highest BCUT2D eigenvalue weighted by atomic mass is 16.7. The molecule has 2 heterocycles. The highest BCUT2D eigenvalue weighted by Gasteiger charge is 2.37. The molecule has 2 heteroatoms. The van der Waals surface area contributed by atoms with Gasteiger partial charge in [-0.1, -0.05) is 6.92 Å². The van der Waals surface area contributed by atoms with Crippen molar-refractivity contribution in [2.24, 2.45) is 5.92 Å². The molecule has 12 heavy (non-hydrogen) atoms. The van der Waals surface area contributed by atoms with Gasteiger partial charge in [0.1, 0.15) is 0 Å². The lowest BCUT2D eigenvalue weighted by molar-refractivity contribution is -0.279. The minimum Gasteiger partial charge on any atom is -0.350 e. The fourth-order valence-corrected chi connectivity index (χ4v) is 2.05. The molecule has 2 atom stereocenters. The smallest absolute Gasteiger partial charge is 0.168 e. The molecule has 1 spiro atoms. The van der Waals surface area contributed by atoms with E-state index in [9.17, 15) is 0 Å². The summed E-state index contributed by atoms with van der Waals surface area (Å²) in [5.41, 5.74) is 0. The summed E-state index contributed by atoms with van der Waals surface area (Å²) in [5, 5.41) is 0. The molecule has 2 aliphatic rings. The van der Waals surface area contributed by atoms with Crippen molar-refractivity contribution in [1.29, 1.82) is 0 Å². The van der Waals surface area contributed by atoms with E-state index >= 15 is 0 Å². The van der Waals surface area contributed by atoms with E-state index in [1.807, 2.05) is 0 Å². The van der Waals surface area contributed by atoms with Gasteiger partial charge in [0.2, 0.25) is 0 Å². The molecule has 0 aromatic heterocycles. The predicted octanol–water partition coefficient (Wildman–Crippen LogP) is 2.33. The van der Waals surface area contributed by atoms with Gasteiger partial charge in [0.15, 0.2) is 5.79 Å². The first kappa shape index (κ1) is 8.52. The maximum atomic E-state index is 5.80. The van der Waals surface area contributed by atoms with Crippen LogP contribution in [0.4, 0.5) is 0 Å². The van der Waals surface area contributed by atoms with Crippen LogP contribution in [-0.4, -0.2) is 19.0 Å². The van der Waals surface area contributed by atoms with Crippen molar-refractivity contribution >= 4 is 0 Å². The number of hydrogen-bond acceptors (Lipinski definition) is 2. The normalized spacial score (nSPS) is 43.2. The molecule has 0 radical (unpaired) electrons. The second-order valence-corrected chi connectivity index (χ2v) is 4.17. The molecule has 0 amide bonds. The van der Waals surface area contributed by atoms with Gasteiger partial charge in [0.05, 0.1) is 13.2 Å². The molecule has 0 bridgehead atoms. The van der Waals surface area contributed by atoms with Crippen LogP contribution >= 0.6 is 0 Å². The summed E-state index contributed by atoms with van der Waals surface area (Å²) >= 11 is 0. The summed E-state index contributed by atoms with van der Waals surface area (Å²) in [6.07, 6.45) is 5.96. The van der Waals surface area contributed by atoms with Gasteiger partial charge in [-0.25, -0.2) is 0 Å². The lowest BCUT2D eigenvalue weighted by Gasteiger charge is -2.41. The topological polar surface area (TPSA) is 18.5 Å². The molecule has 0 aromatic carbocycles. The number of hydrogen-bond donors (Lipinski definition) is 0. The Morgan fingerprint density at radius 3 is 2.67 bits per heavy atom. The minimum atomic E-state index is -0.162. The average molecular weight is 170 g/mol. The molecule has 0 unspecified atom stereocenters. The van der Waals surface area contributed by atoms with E-state index in [1.165, 1.54) is 19.3 Å². The van der Waals surface area contributed by atoms with Crippen LogP contribution < -0.4 is 0 Å². The highest BCUT2D eigenvalue weighted by Crippen LogP contribution is 2.35. The van der Waals surface area contributed by atoms with E-state index in [2.05, 4.69) is 6.92 Å². The fraction of sp³-hybridized carbons (Fsp3) is 1.00. The van der Waals surface area contributed by atoms with Crippen LogP contribution in [0.1, 0.15) is 39.0 Å². The quantitative estimate of drug-likeness (QED) is 0.555. The Balaban J connectivity index is 1.92. The molecule has 0 N–H and O–H groups in total. The molecular formula is C10H18O2. The van der Waals surface area contributed by atoms with Crippen LogP contribution in [0.2, 0.25) is 0 Å². The summed E-state index contributed by atoms with van der Waals surface area (Å²) in [6, 6.07) is 0.